The lowest BCUT2D eigenvalue weighted by atomic mass is 10.4. The molecule has 0 aromatic carbocycles. The summed E-state index contributed by atoms with van der Waals surface area (Å²) in [6.45, 7) is 0. The van der Waals surface area contributed by atoms with Gasteiger partial charge in [0.25, 0.3) is 0 Å². The van der Waals surface area contributed by atoms with Crippen LogP contribution in [0.25, 0.3) is 12.3 Å². The largest absolute Gasteiger partial charge is 0.366 e. The molecule has 1 N–H and O–H groups in total. The zero-order valence-corrected chi connectivity index (χ0v) is 5.36. The van der Waals surface area contributed by atoms with Gasteiger partial charge in [0.15, 0.2) is 0 Å². The van der Waals surface area contributed by atoms with Crippen LogP contribution in [0, 0.1) is 0 Å². The highest BCUT2D eigenvalue weighted by Crippen LogP contribution is 2.03. The molecule has 0 amide bonds. The molecular weight excluding hydrogens is 126 g/mol. The molecule has 0 fully saturated rings. The van der Waals surface area contributed by atoms with Crippen molar-refractivity contribution < 1.29 is 0 Å². The molecule has 50 valence electrons. The molecule has 0 saturated carbocycles. The van der Waals surface area contributed by atoms with Crippen molar-refractivity contribution in [1.29, 1.82) is 0 Å². The van der Waals surface area contributed by atoms with Crippen LogP contribution in [0.4, 0.5) is 0 Å². The van der Waals surface area contributed by atoms with E-state index in [4.69, 9.17) is 0 Å². The summed E-state index contributed by atoms with van der Waals surface area (Å²) in [7, 11) is 0. The van der Waals surface area contributed by atoms with Gasteiger partial charge in [-0.25, -0.2) is 4.98 Å². The van der Waals surface area contributed by atoms with Gasteiger partial charge in [-0.05, 0) is 6.08 Å². The van der Waals surface area contributed by atoms with Crippen LogP contribution in [0.2, 0.25) is 0 Å². The van der Waals surface area contributed by atoms with Gasteiger partial charge in [0.1, 0.15) is 0 Å². The molecule has 0 unspecified atom stereocenters. The molecule has 1 aliphatic heterocycles. The average molecular weight is 133 g/mol. The summed E-state index contributed by atoms with van der Waals surface area (Å²) < 4.78 is 1.94. The van der Waals surface area contributed by atoms with Crippen LogP contribution in [0.3, 0.4) is 0 Å². The molecule has 10 heavy (non-hydrogen) atoms. The van der Waals surface area contributed by atoms with Crippen LogP contribution >= 0.6 is 0 Å². The maximum atomic E-state index is 3.98. The minimum absolute atomic E-state index is 1.08. The van der Waals surface area contributed by atoms with Crippen LogP contribution in [0.15, 0.2) is 24.9 Å². The van der Waals surface area contributed by atoms with E-state index in [9.17, 15) is 0 Å². The Morgan fingerprint density at radius 2 is 2.40 bits per heavy atom. The first-order valence-corrected chi connectivity index (χ1v) is 3.08. The highest BCUT2D eigenvalue weighted by atomic mass is 15.0. The first-order chi connectivity index (χ1) is 4.97. The summed E-state index contributed by atoms with van der Waals surface area (Å²) in [4.78, 5) is 3.98. The zero-order chi connectivity index (χ0) is 6.81. The molecule has 2 rings (SSSR count). The molecule has 0 bridgehead atoms. The number of hydrogen-bond acceptors (Lipinski definition) is 2. The number of rotatable bonds is 0. The molecule has 0 spiro atoms. The molecule has 1 aromatic heterocycles. The Morgan fingerprint density at radius 3 is 3.40 bits per heavy atom. The Labute approximate surface area is 58.7 Å². The molecule has 0 radical (unpaired) electrons. The quantitative estimate of drug-likeness (QED) is 0.569. The van der Waals surface area contributed by atoms with Crippen molar-refractivity contribution in [1.82, 2.24) is 14.9 Å². The third kappa shape index (κ3) is 0.719. The number of aromatic nitrogens is 2. The fourth-order valence-electron chi connectivity index (χ4n) is 0.881. The summed E-state index contributed by atoms with van der Waals surface area (Å²) in [6.07, 6.45) is 11.2. The molecule has 0 atom stereocenters. The van der Waals surface area contributed by atoms with E-state index >= 15 is 0 Å². The normalized spacial score (nSPS) is 14.0. The van der Waals surface area contributed by atoms with E-state index in [2.05, 4.69) is 10.3 Å². The molecule has 2 heterocycles. The molecule has 1 aromatic rings. The number of fused-ring (bicyclic) bond motifs is 1. The highest BCUT2D eigenvalue weighted by Gasteiger charge is 1.94. The third-order valence-corrected chi connectivity index (χ3v) is 1.38. The molecule has 3 heteroatoms. The number of nitrogens with zero attached hydrogens (tertiary/aromatic N) is 2. The molecule has 0 aliphatic carbocycles. The van der Waals surface area contributed by atoms with Gasteiger partial charge in [-0.15, -0.1) is 0 Å². The van der Waals surface area contributed by atoms with Gasteiger partial charge in [0, 0.05) is 18.6 Å². The molecule has 1 aliphatic rings. The molecule has 0 saturated heterocycles. The summed E-state index contributed by atoms with van der Waals surface area (Å²) >= 11 is 0. The van der Waals surface area contributed by atoms with Crippen molar-refractivity contribution in [2.75, 3.05) is 0 Å². The highest BCUT2D eigenvalue weighted by molar-refractivity contribution is 5.49. The summed E-state index contributed by atoms with van der Waals surface area (Å²) in [5.74, 6) is 0. The average Bonchev–Trinajstić information content (AvgIpc) is 2.28. The first kappa shape index (κ1) is 5.29. The van der Waals surface area contributed by atoms with Gasteiger partial charge >= 0.3 is 0 Å². The summed E-state index contributed by atoms with van der Waals surface area (Å²) in [5.41, 5.74) is 1.08. The van der Waals surface area contributed by atoms with Crippen molar-refractivity contribution in [3.05, 3.63) is 30.6 Å². The lowest BCUT2D eigenvalue weighted by Gasteiger charge is -1.90. The van der Waals surface area contributed by atoms with Gasteiger partial charge in [-0.1, -0.05) is 0 Å². The van der Waals surface area contributed by atoms with E-state index in [-0.39, 0.29) is 0 Å². The third-order valence-electron chi connectivity index (χ3n) is 1.38. The maximum absolute atomic E-state index is 3.98. The second-order valence-corrected chi connectivity index (χ2v) is 2.04. The predicted octanol–water partition coefficient (Wildman–Crippen LogP) is 0.885. The van der Waals surface area contributed by atoms with E-state index in [1.54, 1.807) is 6.33 Å². The number of imidazole rings is 1. The summed E-state index contributed by atoms with van der Waals surface area (Å²) in [5, 5.41) is 2.97. The van der Waals surface area contributed by atoms with Crippen molar-refractivity contribution in [2.45, 2.75) is 0 Å². The molecular formula is C7H7N3. The fraction of sp³-hybridized carbons (Fsp3) is 0. The minimum atomic E-state index is 1.08. The standard InChI is InChI=1S/C7H7N3/c1-2-8-3-4-10-6-9-5-7(1)10/h1-6,8H. The van der Waals surface area contributed by atoms with Crippen LogP contribution in [0.5, 0.6) is 0 Å². The van der Waals surface area contributed by atoms with Gasteiger partial charge in [-0.3, -0.25) is 0 Å². The maximum Gasteiger partial charge on any atom is 0.0992 e. The number of hydrogen-bond donors (Lipinski definition) is 1. The monoisotopic (exact) mass is 133 g/mol. The van der Waals surface area contributed by atoms with Crippen LogP contribution in [-0.2, 0) is 0 Å². The van der Waals surface area contributed by atoms with E-state index in [1.807, 2.05) is 35.4 Å². The van der Waals surface area contributed by atoms with Crippen LogP contribution in [0.1, 0.15) is 5.69 Å². The first-order valence-electron chi connectivity index (χ1n) is 3.08. The van der Waals surface area contributed by atoms with Crippen LogP contribution < -0.4 is 5.32 Å². The Kier molecular flexibility index (Phi) is 1.07. The fourth-order valence-corrected chi connectivity index (χ4v) is 0.881. The molecule has 3 nitrogen and oxygen atoms in total. The second-order valence-electron chi connectivity index (χ2n) is 2.04. The van der Waals surface area contributed by atoms with E-state index in [0.717, 1.165) is 5.69 Å². The van der Waals surface area contributed by atoms with Gasteiger partial charge < -0.3 is 9.88 Å². The Balaban J connectivity index is 2.56. The second kappa shape index (κ2) is 2.02. The van der Waals surface area contributed by atoms with Crippen molar-refractivity contribution in [3.63, 3.8) is 0 Å². The SMILES string of the molecule is C1=Cc2cncn2C=CN1. The minimum Gasteiger partial charge on any atom is -0.366 e. The Bertz CT molecular complexity index is 256. The van der Waals surface area contributed by atoms with Crippen LogP contribution in [-0.4, -0.2) is 9.55 Å². The number of nitrogens with one attached hydrogen (secondary N) is 1. The van der Waals surface area contributed by atoms with Gasteiger partial charge in [-0.2, -0.15) is 0 Å². The van der Waals surface area contributed by atoms with Gasteiger partial charge in [0.2, 0.25) is 0 Å². The lowest BCUT2D eigenvalue weighted by Crippen LogP contribution is -1.88. The van der Waals surface area contributed by atoms with E-state index < -0.39 is 0 Å². The topological polar surface area (TPSA) is 29.9 Å². The predicted molar refractivity (Wildman–Crippen MR) is 39.7 cm³/mol. The van der Waals surface area contributed by atoms with Crippen molar-refractivity contribution >= 4 is 12.3 Å². The summed E-state index contributed by atoms with van der Waals surface area (Å²) in [6, 6.07) is 0. The zero-order valence-electron chi connectivity index (χ0n) is 5.36. The Morgan fingerprint density at radius 1 is 1.40 bits per heavy atom. The smallest absolute Gasteiger partial charge is 0.0992 e. The lowest BCUT2D eigenvalue weighted by molar-refractivity contribution is 1.11. The van der Waals surface area contributed by atoms with E-state index in [0.29, 0.717) is 0 Å². The van der Waals surface area contributed by atoms with Gasteiger partial charge in [0.05, 0.1) is 18.2 Å². The van der Waals surface area contributed by atoms with Crippen molar-refractivity contribution in [3.8, 4) is 0 Å². The Hall–Kier alpha value is -1.51. The van der Waals surface area contributed by atoms with E-state index in [1.165, 1.54) is 0 Å². The van der Waals surface area contributed by atoms with Crippen molar-refractivity contribution in [2.24, 2.45) is 0 Å².